The summed E-state index contributed by atoms with van der Waals surface area (Å²) in [6.07, 6.45) is -0.291. The van der Waals surface area contributed by atoms with Crippen LogP contribution in [-0.2, 0) is 12.8 Å². The molecular formula is C19H18Cl3N3OS. The van der Waals surface area contributed by atoms with Gasteiger partial charge in [-0.1, -0.05) is 58.7 Å². The van der Waals surface area contributed by atoms with Crippen molar-refractivity contribution in [2.75, 3.05) is 0 Å². The minimum absolute atomic E-state index is 0.291. The van der Waals surface area contributed by atoms with Crippen LogP contribution in [0.4, 0.5) is 0 Å². The molecule has 0 spiro atoms. The Kier molecular flexibility index (Phi) is 6.58. The van der Waals surface area contributed by atoms with Crippen molar-refractivity contribution in [1.29, 1.82) is 0 Å². The fourth-order valence-corrected chi connectivity index (χ4v) is 3.87. The Labute approximate surface area is 177 Å². The third-order valence-electron chi connectivity index (χ3n) is 3.97. The molecule has 3 rings (SSSR count). The Morgan fingerprint density at radius 2 is 1.78 bits per heavy atom. The van der Waals surface area contributed by atoms with Crippen LogP contribution in [0, 0.1) is 6.92 Å². The highest BCUT2D eigenvalue weighted by Gasteiger charge is 2.18. The molecule has 0 radical (unpaired) electrons. The van der Waals surface area contributed by atoms with Crippen molar-refractivity contribution in [3.05, 3.63) is 68.4 Å². The maximum atomic E-state index is 6.22. The van der Waals surface area contributed by atoms with Crippen LogP contribution in [-0.4, -0.2) is 14.8 Å². The van der Waals surface area contributed by atoms with E-state index in [0.717, 1.165) is 22.1 Å². The number of hydrogen-bond donors (Lipinski definition) is 0. The van der Waals surface area contributed by atoms with E-state index >= 15 is 0 Å². The minimum atomic E-state index is -0.291. The van der Waals surface area contributed by atoms with Gasteiger partial charge in [-0.3, -0.25) is 0 Å². The van der Waals surface area contributed by atoms with E-state index in [-0.39, 0.29) is 6.10 Å². The molecule has 0 amide bonds. The van der Waals surface area contributed by atoms with Gasteiger partial charge in [0.15, 0.2) is 17.1 Å². The van der Waals surface area contributed by atoms with E-state index in [1.165, 1.54) is 0 Å². The van der Waals surface area contributed by atoms with E-state index in [1.807, 2.05) is 55.8 Å². The highest BCUT2D eigenvalue weighted by Crippen LogP contribution is 2.31. The molecule has 2 aromatic carbocycles. The van der Waals surface area contributed by atoms with Gasteiger partial charge in [-0.2, -0.15) is 0 Å². The van der Waals surface area contributed by atoms with Crippen LogP contribution in [0.25, 0.3) is 0 Å². The first-order chi connectivity index (χ1) is 12.8. The SMILES string of the molecule is Cc1ccc(Cl)c(O[C@H](C)c2nnc(SCc3ccc(Cl)c(Cl)c3)n2C)c1. The number of aryl methyl sites for hydroxylation is 1. The summed E-state index contributed by atoms with van der Waals surface area (Å²) in [5.41, 5.74) is 2.15. The molecule has 1 aromatic heterocycles. The Balaban J connectivity index is 1.70. The number of aromatic nitrogens is 3. The Bertz CT molecular complexity index is 961. The highest BCUT2D eigenvalue weighted by molar-refractivity contribution is 7.98. The van der Waals surface area contributed by atoms with Crippen molar-refractivity contribution < 1.29 is 4.74 Å². The lowest BCUT2D eigenvalue weighted by Gasteiger charge is -2.15. The van der Waals surface area contributed by atoms with E-state index < -0.39 is 0 Å². The number of halogens is 3. The number of benzene rings is 2. The lowest BCUT2D eigenvalue weighted by molar-refractivity contribution is 0.211. The predicted molar refractivity (Wildman–Crippen MR) is 112 cm³/mol. The molecule has 0 aliphatic rings. The van der Waals surface area contributed by atoms with Crippen molar-refractivity contribution in [3.63, 3.8) is 0 Å². The normalized spacial score (nSPS) is 12.2. The zero-order valence-corrected chi connectivity index (χ0v) is 18.1. The van der Waals surface area contributed by atoms with Crippen molar-refractivity contribution >= 4 is 46.6 Å². The number of thioether (sulfide) groups is 1. The van der Waals surface area contributed by atoms with Gasteiger partial charge in [-0.15, -0.1) is 10.2 Å². The van der Waals surface area contributed by atoms with Gasteiger partial charge in [-0.05, 0) is 49.2 Å². The summed E-state index contributed by atoms with van der Waals surface area (Å²) in [6, 6.07) is 11.3. The highest BCUT2D eigenvalue weighted by atomic mass is 35.5. The van der Waals surface area contributed by atoms with Crippen molar-refractivity contribution in [1.82, 2.24) is 14.8 Å². The van der Waals surface area contributed by atoms with Gasteiger partial charge in [0.1, 0.15) is 5.75 Å². The quantitative estimate of drug-likeness (QED) is 0.408. The molecule has 0 N–H and O–H groups in total. The van der Waals surface area contributed by atoms with Crippen LogP contribution >= 0.6 is 46.6 Å². The second kappa shape index (κ2) is 8.74. The molecule has 0 unspecified atom stereocenters. The molecule has 3 aromatic rings. The molecule has 8 heteroatoms. The van der Waals surface area contributed by atoms with Crippen LogP contribution in [0.2, 0.25) is 15.1 Å². The minimum Gasteiger partial charge on any atom is -0.481 e. The van der Waals surface area contributed by atoms with Crippen molar-refractivity contribution in [3.8, 4) is 5.75 Å². The second-order valence-corrected chi connectivity index (χ2v) is 8.29. The molecule has 1 heterocycles. The first-order valence-corrected chi connectivity index (χ1v) is 10.4. The molecule has 0 saturated carbocycles. The van der Waals surface area contributed by atoms with E-state index in [2.05, 4.69) is 10.2 Å². The number of ether oxygens (including phenoxy) is 1. The molecule has 4 nitrogen and oxygen atoms in total. The maximum absolute atomic E-state index is 6.22. The molecule has 0 fully saturated rings. The van der Waals surface area contributed by atoms with Crippen LogP contribution in [0.15, 0.2) is 41.6 Å². The molecule has 27 heavy (non-hydrogen) atoms. The molecule has 0 aliphatic heterocycles. The lowest BCUT2D eigenvalue weighted by atomic mass is 10.2. The van der Waals surface area contributed by atoms with Gasteiger partial charge in [0.25, 0.3) is 0 Å². The smallest absolute Gasteiger partial charge is 0.191 e. The van der Waals surface area contributed by atoms with E-state index in [0.29, 0.717) is 26.6 Å². The lowest BCUT2D eigenvalue weighted by Crippen LogP contribution is -2.10. The summed E-state index contributed by atoms with van der Waals surface area (Å²) in [7, 11) is 1.92. The monoisotopic (exact) mass is 441 g/mol. The third-order valence-corrected chi connectivity index (χ3v) is 6.12. The number of nitrogens with zero attached hydrogens (tertiary/aromatic N) is 3. The van der Waals surface area contributed by atoms with E-state index in [1.54, 1.807) is 17.8 Å². The summed E-state index contributed by atoms with van der Waals surface area (Å²) >= 11 is 19.8. The largest absolute Gasteiger partial charge is 0.481 e. The molecule has 142 valence electrons. The average molecular weight is 443 g/mol. The molecule has 1 atom stereocenters. The first-order valence-electron chi connectivity index (χ1n) is 8.24. The molecule has 0 saturated heterocycles. The van der Waals surface area contributed by atoms with Crippen LogP contribution in [0.5, 0.6) is 5.75 Å². The second-order valence-electron chi connectivity index (χ2n) is 6.13. The zero-order valence-electron chi connectivity index (χ0n) is 15.0. The third kappa shape index (κ3) is 4.91. The van der Waals surface area contributed by atoms with Gasteiger partial charge in [0, 0.05) is 12.8 Å². The Hall–Kier alpha value is -1.40. The van der Waals surface area contributed by atoms with Gasteiger partial charge in [-0.25, -0.2) is 0 Å². The van der Waals surface area contributed by atoms with Gasteiger partial charge in [0.05, 0.1) is 15.1 Å². The maximum Gasteiger partial charge on any atom is 0.191 e. The fraction of sp³-hybridized carbons (Fsp3) is 0.263. The molecule has 0 bridgehead atoms. The van der Waals surface area contributed by atoms with Crippen molar-refractivity contribution in [2.24, 2.45) is 7.05 Å². The van der Waals surface area contributed by atoms with Crippen molar-refractivity contribution in [2.45, 2.75) is 30.9 Å². The molecule has 0 aliphatic carbocycles. The average Bonchev–Trinajstić information content (AvgIpc) is 3.00. The van der Waals surface area contributed by atoms with Gasteiger partial charge >= 0.3 is 0 Å². The van der Waals surface area contributed by atoms with Crippen LogP contribution < -0.4 is 4.74 Å². The van der Waals surface area contributed by atoms with Crippen LogP contribution in [0.3, 0.4) is 0 Å². The van der Waals surface area contributed by atoms with E-state index in [4.69, 9.17) is 39.5 Å². The summed E-state index contributed by atoms with van der Waals surface area (Å²) in [5, 5.41) is 11.0. The number of rotatable bonds is 6. The topological polar surface area (TPSA) is 39.9 Å². The fourth-order valence-electron chi connectivity index (χ4n) is 2.53. The Morgan fingerprint density at radius 1 is 1.04 bits per heavy atom. The summed E-state index contributed by atoms with van der Waals surface area (Å²) in [4.78, 5) is 0. The van der Waals surface area contributed by atoms with E-state index in [9.17, 15) is 0 Å². The zero-order chi connectivity index (χ0) is 19.6. The Morgan fingerprint density at radius 3 is 2.52 bits per heavy atom. The predicted octanol–water partition coefficient (Wildman–Crippen LogP) is 6.52. The standard InChI is InChI=1S/C19H18Cl3N3OS/c1-11-4-6-15(21)17(8-11)26-12(2)18-23-24-19(25(18)3)27-10-13-5-7-14(20)16(22)9-13/h4-9,12H,10H2,1-3H3/t12-/m1/s1. The summed E-state index contributed by atoms with van der Waals surface area (Å²) in [5.74, 6) is 2.07. The summed E-state index contributed by atoms with van der Waals surface area (Å²) < 4.78 is 7.93. The van der Waals surface area contributed by atoms with Crippen LogP contribution in [0.1, 0.15) is 30.0 Å². The number of hydrogen-bond acceptors (Lipinski definition) is 4. The molecular weight excluding hydrogens is 425 g/mol. The van der Waals surface area contributed by atoms with Gasteiger partial charge < -0.3 is 9.30 Å². The first kappa shape index (κ1) is 20.3. The van der Waals surface area contributed by atoms with Gasteiger partial charge in [0.2, 0.25) is 0 Å². The summed E-state index contributed by atoms with van der Waals surface area (Å²) in [6.45, 7) is 3.92.